The molecule has 1 atom stereocenters. The van der Waals surface area contributed by atoms with Gasteiger partial charge in [0.25, 0.3) is 5.91 Å². The molecular weight excluding hydrogens is 560 g/mol. The molecule has 1 aliphatic heterocycles. The summed E-state index contributed by atoms with van der Waals surface area (Å²) >= 11 is 0. The molecule has 0 aromatic heterocycles. The topological polar surface area (TPSA) is 136 Å². The number of carbonyl (C=O) groups is 5. The van der Waals surface area contributed by atoms with Crippen molar-refractivity contribution in [2.24, 2.45) is 5.92 Å². The van der Waals surface area contributed by atoms with Crippen LogP contribution in [-0.2, 0) is 9.59 Å². The Morgan fingerprint density at radius 2 is 1.64 bits per heavy atom. The first kappa shape index (κ1) is 30.5. The molecule has 1 unspecified atom stereocenters. The highest BCUT2D eigenvalue weighted by Gasteiger charge is 2.39. The second kappa shape index (κ2) is 13.1. The third kappa shape index (κ3) is 6.64. The molecule has 44 heavy (non-hydrogen) atoms. The number of carboxylic acid groups (broad SMARTS) is 1. The van der Waals surface area contributed by atoms with Crippen molar-refractivity contribution in [2.45, 2.75) is 52.0 Å². The van der Waals surface area contributed by atoms with E-state index < -0.39 is 23.9 Å². The highest BCUT2D eigenvalue weighted by Crippen LogP contribution is 2.37. The molecule has 0 saturated heterocycles. The van der Waals surface area contributed by atoms with Crippen LogP contribution in [0.5, 0.6) is 0 Å². The van der Waals surface area contributed by atoms with Gasteiger partial charge < -0.3 is 25.5 Å². The molecule has 4 amide bonds. The lowest BCUT2D eigenvalue weighted by Crippen LogP contribution is -2.55. The van der Waals surface area contributed by atoms with E-state index in [-0.39, 0.29) is 41.9 Å². The molecule has 3 aromatic rings. The lowest BCUT2D eigenvalue weighted by atomic mass is 9.88. The summed E-state index contributed by atoms with van der Waals surface area (Å²) in [5.74, 6) is -2.28. The maximum Gasteiger partial charge on any atom is 0.335 e. The van der Waals surface area contributed by atoms with Crippen LogP contribution in [-0.4, -0.2) is 53.8 Å². The monoisotopic (exact) mass is 596 g/mol. The zero-order valence-corrected chi connectivity index (χ0v) is 24.8. The van der Waals surface area contributed by atoms with E-state index >= 15 is 0 Å². The minimum absolute atomic E-state index is 0.00990. The lowest BCUT2D eigenvalue weighted by molar-refractivity contribution is -0.123. The van der Waals surface area contributed by atoms with Crippen molar-refractivity contribution in [3.05, 3.63) is 89.0 Å². The molecule has 3 N–H and O–H groups in total. The van der Waals surface area contributed by atoms with Crippen molar-refractivity contribution in [3.63, 3.8) is 0 Å². The van der Waals surface area contributed by atoms with Crippen LogP contribution in [0.1, 0.15) is 63.9 Å². The van der Waals surface area contributed by atoms with Crippen LogP contribution < -0.4 is 20.4 Å². The van der Waals surface area contributed by atoms with Gasteiger partial charge in [0.05, 0.1) is 30.0 Å². The van der Waals surface area contributed by atoms with Crippen LogP contribution in [0.15, 0.2) is 66.7 Å². The van der Waals surface area contributed by atoms with Crippen LogP contribution in [0, 0.1) is 19.8 Å². The van der Waals surface area contributed by atoms with E-state index in [1.807, 2.05) is 32.0 Å². The van der Waals surface area contributed by atoms with Gasteiger partial charge in [-0.25, -0.2) is 9.59 Å². The first-order chi connectivity index (χ1) is 21.1. The zero-order valence-electron chi connectivity index (χ0n) is 24.8. The number of nitrogens with one attached hydrogen (secondary N) is 2. The van der Waals surface area contributed by atoms with Gasteiger partial charge in [0.2, 0.25) is 5.91 Å². The molecule has 0 bridgehead atoms. The molecule has 0 spiro atoms. The number of rotatable bonds is 7. The molecule has 228 valence electrons. The molecule has 2 aliphatic rings. The summed E-state index contributed by atoms with van der Waals surface area (Å²) in [5, 5.41) is 14.6. The smallest absolute Gasteiger partial charge is 0.335 e. The van der Waals surface area contributed by atoms with Crippen molar-refractivity contribution >= 4 is 46.7 Å². The van der Waals surface area contributed by atoms with Gasteiger partial charge in [-0.3, -0.25) is 14.4 Å². The van der Waals surface area contributed by atoms with Crippen molar-refractivity contribution < 1.29 is 29.1 Å². The molecule has 10 nitrogen and oxygen atoms in total. The number of hydrogen-bond donors (Lipinski definition) is 3. The molecule has 1 heterocycles. The Bertz CT molecular complexity index is 1610. The molecule has 1 aliphatic carbocycles. The Balaban J connectivity index is 1.51. The van der Waals surface area contributed by atoms with Gasteiger partial charge in [0.1, 0.15) is 6.04 Å². The van der Waals surface area contributed by atoms with Gasteiger partial charge in [-0.15, -0.1) is 0 Å². The van der Waals surface area contributed by atoms with E-state index in [1.165, 1.54) is 29.2 Å². The Morgan fingerprint density at radius 3 is 2.36 bits per heavy atom. The number of amides is 4. The molecule has 5 rings (SSSR count). The minimum Gasteiger partial charge on any atom is -0.478 e. The van der Waals surface area contributed by atoms with Crippen LogP contribution in [0.4, 0.5) is 21.9 Å². The molecule has 0 radical (unpaired) electrons. The maximum atomic E-state index is 14.3. The standard InChI is InChI=1S/C34H36N4O6/c1-21-15-16-28-29(17-21)38(20-30(39)26-14-7-6-9-22(26)2)32(41)27(19-37(28)31(40)23-10-4-3-5-11-23)36-34(44)35-25-13-8-12-24(18-25)33(42)43/h6-9,12-18,23,27H,3-5,10-11,19-20H2,1-2H3,(H,42,43)(H2,35,36,44). The summed E-state index contributed by atoms with van der Waals surface area (Å²) in [6.45, 7) is 3.29. The maximum absolute atomic E-state index is 14.3. The minimum atomic E-state index is -1.19. The summed E-state index contributed by atoms with van der Waals surface area (Å²) in [6, 6.07) is 16.4. The summed E-state index contributed by atoms with van der Waals surface area (Å²) in [5.41, 5.74) is 3.26. The first-order valence-electron chi connectivity index (χ1n) is 14.9. The van der Waals surface area contributed by atoms with Gasteiger partial charge in [0.15, 0.2) is 5.78 Å². The van der Waals surface area contributed by atoms with Crippen molar-refractivity contribution in [2.75, 3.05) is 28.2 Å². The summed E-state index contributed by atoms with van der Waals surface area (Å²) < 4.78 is 0. The van der Waals surface area contributed by atoms with Gasteiger partial charge in [0, 0.05) is 17.2 Å². The summed E-state index contributed by atoms with van der Waals surface area (Å²) in [4.78, 5) is 69.4. The number of benzene rings is 3. The largest absolute Gasteiger partial charge is 0.478 e. The number of aryl methyl sites for hydroxylation is 2. The normalized spacial score (nSPS) is 17.0. The van der Waals surface area contributed by atoms with Gasteiger partial charge in [-0.2, -0.15) is 0 Å². The van der Waals surface area contributed by atoms with E-state index in [2.05, 4.69) is 10.6 Å². The molecule has 10 heteroatoms. The van der Waals surface area contributed by atoms with E-state index in [1.54, 1.807) is 29.2 Å². The number of anilines is 3. The van der Waals surface area contributed by atoms with Crippen molar-refractivity contribution in [1.82, 2.24) is 5.32 Å². The number of carboxylic acids is 1. The highest BCUT2D eigenvalue weighted by molar-refractivity contribution is 6.13. The first-order valence-corrected chi connectivity index (χ1v) is 14.9. The Morgan fingerprint density at radius 1 is 0.886 bits per heavy atom. The predicted octanol–water partition coefficient (Wildman–Crippen LogP) is 5.33. The fourth-order valence-corrected chi connectivity index (χ4v) is 5.96. The second-order valence-corrected chi connectivity index (χ2v) is 11.5. The number of carbonyl (C=O) groups excluding carboxylic acids is 4. The van der Waals surface area contributed by atoms with Crippen LogP contribution >= 0.6 is 0 Å². The van der Waals surface area contributed by atoms with Crippen LogP contribution in [0.2, 0.25) is 0 Å². The molecule has 1 saturated carbocycles. The number of nitrogens with zero attached hydrogens (tertiary/aromatic N) is 2. The van der Waals surface area contributed by atoms with Gasteiger partial charge >= 0.3 is 12.0 Å². The third-order valence-electron chi connectivity index (χ3n) is 8.28. The quantitative estimate of drug-likeness (QED) is 0.315. The third-order valence-corrected chi connectivity index (χ3v) is 8.28. The highest BCUT2D eigenvalue weighted by atomic mass is 16.4. The van der Waals surface area contributed by atoms with Crippen LogP contribution in [0.25, 0.3) is 0 Å². The summed E-state index contributed by atoms with van der Waals surface area (Å²) in [7, 11) is 0. The average Bonchev–Trinajstić information content (AvgIpc) is 3.11. The molecular formula is C34H36N4O6. The second-order valence-electron chi connectivity index (χ2n) is 11.5. The summed E-state index contributed by atoms with van der Waals surface area (Å²) in [6.07, 6.45) is 4.46. The van der Waals surface area contributed by atoms with Gasteiger partial charge in [-0.1, -0.05) is 55.7 Å². The van der Waals surface area contributed by atoms with E-state index in [0.717, 1.165) is 43.2 Å². The Labute approximate surface area is 256 Å². The van der Waals surface area contributed by atoms with Gasteiger partial charge in [-0.05, 0) is 68.1 Å². The zero-order chi connectivity index (χ0) is 31.4. The van der Waals surface area contributed by atoms with E-state index in [4.69, 9.17) is 0 Å². The lowest BCUT2D eigenvalue weighted by Gasteiger charge is -2.30. The Kier molecular flexibility index (Phi) is 9.08. The number of aromatic carboxylic acids is 1. The van der Waals surface area contributed by atoms with E-state index in [9.17, 15) is 29.1 Å². The van der Waals surface area contributed by atoms with E-state index in [0.29, 0.717) is 16.9 Å². The Hall–Kier alpha value is -4.99. The number of urea groups is 1. The number of Topliss-reactive ketones (excluding diaryl/α,β-unsaturated/α-hetero) is 1. The van der Waals surface area contributed by atoms with Crippen molar-refractivity contribution in [1.29, 1.82) is 0 Å². The number of ketones is 1. The molecule has 3 aromatic carbocycles. The number of fused-ring (bicyclic) bond motifs is 1. The number of hydrogen-bond acceptors (Lipinski definition) is 5. The SMILES string of the molecule is Cc1ccc2c(c1)N(CC(=O)c1ccccc1C)C(=O)C(NC(=O)Nc1cccc(C(=O)O)c1)CN2C(=O)C1CCCCC1. The fraction of sp³-hybridized carbons (Fsp3) is 0.324. The van der Waals surface area contributed by atoms with Crippen molar-refractivity contribution in [3.8, 4) is 0 Å². The fourth-order valence-electron chi connectivity index (χ4n) is 5.96. The predicted molar refractivity (Wildman–Crippen MR) is 167 cm³/mol. The molecule has 1 fully saturated rings. The average molecular weight is 597 g/mol. The van der Waals surface area contributed by atoms with Crippen LogP contribution in [0.3, 0.4) is 0 Å².